The smallest absolute Gasteiger partial charge is 0.0948 e. The Morgan fingerprint density at radius 2 is 2.05 bits per heavy atom. The molecule has 1 saturated carbocycles. The van der Waals surface area contributed by atoms with Gasteiger partial charge in [0.25, 0.3) is 0 Å². The van der Waals surface area contributed by atoms with E-state index < -0.39 is 0 Å². The Morgan fingerprint density at radius 3 is 2.71 bits per heavy atom. The number of nitrogens with one attached hydrogen (secondary N) is 1. The van der Waals surface area contributed by atoms with Crippen molar-refractivity contribution in [3.8, 4) is 11.3 Å². The van der Waals surface area contributed by atoms with Gasteiger partial charge in [-0.1, -0.05) is 44.2 Å². The summed E-state index contributed by atoms with van der Waals surface area (Å²) in [6.45, 7) is 5.64. The van der Waals surface area contributed by atoms with Crippen LogP contribution in [0.4, 0.5) is 0 Å². The van der Waals surface area contributed by atoms with Crippen LogP contribution in [0.5, 0.6) is 0 Å². The summed E-state index contributed by atoms with van der Waals surface area (Å²) >= 11 is 1.80. The predicted molar refractivity (Wildman–Crippen MR) is 90.6 cm³/mol. The maximum atomic E-state index is 4.84. The standard InChI is InChI=1S/C18H24N2S/c1-3-19-16(13(2)14-9-10-14)11-18-20-17(12-21-18)15-7-5-4-6-8-15/h4-8,12-14,16,19H,3,9-11H2,1-2H3. The van der Waals surface area contributed by atoms with E-state index in [2.05, 4.69) is 54.9 Å². The molecule has 21 heavy (non-hydrogen) atoms. The number of rotatable bonds is 7. The number of aromatic nitrogens is 1. The van der Waals surface area contributed by atoms with E-state index in [1.54, 1.807) is 11.3 Å². The molecule has 112 valence electrons. The van der Waals surface area contributed by atoms with Crippen LogP contribution in [0.15, 0.2) is 35.7 Å². The lowest BCUT2D eigenvalue weighted by molar-refractivity contribution is 0.344. The van der Waals surface area contributed by atoms with Crippen LogP contribution < -0.4 is 5.32 Å². The van der Waals surface area contributed by atoms with Gasteiger partial charge < -0.3 is 5.32 Å². The van der Waals surface area contributed by atoms with Gasteiger partial charge in [-0.15, -0.1) is 11.3 Å². The highest BCUT2D eigenvalue weighted by molar-refractivity contribution is 7.09. The summed E-state index contributed by atoms with van der Waals surface area (Å²) in [7, 11) is 0. The minimum Gasteiger partial charge on any atom is -0.314 e. The van der Waals surface area contributed by atoms with Gasteiger partial charge in [0.1, 0.15) is 0 Å². The van der Waals surface area contributed by atoms with Crippen molar-refractivity contribution >= 4 is 11.3 Å². The number of likely N-dealkylation sites (N-methyl/N-ethyl adjacent to an activating group) is 1. The van der Waals surface area contributed by atoms with Crippen LogP contribution in [0, 0.1) is 11.8 Å². The fraction of sp³-hybridized carbons (Fsp3) is 0.500. The van der Waals surface area contributed by atoms with Crippen LogP contribution in [0.25, 0.3) is 11.3 Å². The van der Waals surface area contributed by atoms with Crippen LogP contribution in [-0.2, 0) is 6.42 Å². The molecule has 1 heterocycles. The van der Waals surface area contributed by atoms with E-state index >= 15 is 0 Å². The third-order valence-corrected chi connectivity index (χ3v) is 5.35. The second-order valence-electron chi connectivity index (χ2n) is 6.06. The van der Waals surface area contributed by atoms with Crippen LogP contribution >= 0.6 is 11.3 Å². The van der Waals surface area contributed by atoms with Crippen LogP contribution in [-0.4, -0.2) is 17.6 Å². The maximum Gasteiger partial charge on any atom is 0.0948 e. The van der Waals surface area contributed by atoms with Gasteiger partial charge in [0, 0.05) is 23.4 Å². The van der Waals surface area contributed by atoms with Gasteiger partial charge in [-0.05, 0) is 31.2 Å². The van der Waals surface area contributed by atoms with E-state index in [1.807, 2.05) is 0 Å². The molecule has 1 N–H and O–H groups in total. The zero-order chi connectivity index (χ0) is 14.7. The topological polar surface area (TPSA) is 24.9 Å². The molecule has 3 rings (SSSR count). The van der Waals surface area contributed by atoms with Gasteiger partial charge >= 0.3 is 0 Å². The first kappa shape index (κ1) is 14.7. The molecule has 3 heteroatoms. The molecule has 1 aromatic carbocycles. The SMILES string of the molecule is CCNC(Cc1nc(-c2ccccc2)cs1)C(C)C1CC1. The summed E-state index contributed by atoms with van der Waals surface area (Å²) in [5.74, 6) is 1.69. The molecule has 0 spiro atoms. The van der Waals surface area contributed by atoms with Gasteiger partial charge in [-0.2, -0.15) is 0 Å². The molecule has 2 nitrogen and oxygen atoms in total. The largest absolute Gasteiger partial charge is 0.314 e. The molecule has 2 atom stereocenters. The van der Waals surface area contributed by atoms with Crippen molar-refractivity contribution in [1.82, 2.24) is 10.3 Å². The average Bonchev–Trinajstić information content (AvgIpc) is 3.26. The van der Waals surface area contributed by atoms with Gasteiger partial charge in [0.2, 0.25) is 0 Å². The summed E-state index contributed by atoms with van der Waals surface area (Å²) in [6, 6.07) is 11.0. The summed E-state index contributed by atoms with van der Waals surface area (Å²) in [5, 5.41) is 7.11. The van der Waals surface area contributed by atoms with Crippen LogP contribution in [0.1, 0.15) is 31.7 Å². The van der Waals surface area contributed by atoms with Crippen molar-refractivity contribution in [2.24, 2.45) is 11.8 Å². The van der Waals surface area contributed by atoms with Gasteiger partial charge in [0.15, 0.2) is 0 Å². The minimum absolute atomic E-state index is 0.567. The summed E-state index contributed by atoms with van der Waals surface area (Å²) < 4.78 is 0. The number of hydrogen-bond acceptors (Lipinski definition) is 3. The van der Waals surface area contributed by atoms with Gasteiger partial charge in [-0.25, -0.2) is 4.98 Å². The maximum absolute atomic E-state index is 4.84. The quantitative estimate of drug-likeness (QED) is 0.821. The molecule has 2 aromatic rings. The zero-order valence-electron chi connectivity index (χ0n) is 12.9. The molecule has 2 unspecified atom stereocenters. The Bertz CT molecular complexity index is 560. The number of thiazole rings is 1. The van der Waals surface area contributed by atoms with E-state index in [-0.39, 0.29) is 0 Å². The van der Waals surface area contributed by atoms with E-state index in [9.17, 15) is 0 Å². The first-order valence-corrected chi connectivity index (χ1v) is 8.89. The Morgan fingerprint density at radius 1 is 1.29 bits per heavy atom. The second-order valence-corrected chi connectivity index (χ2v) is 7.00. The van der Waals surface area contributed by atoms with Gasteiger partial charge in [-0.3, -0.25) is 0 Å². The summed E-state index contributed by atoms with van der Waals surface area (Å²) in [4.78, 5) is 4.84. The van der Waals surface area contributed by atoms with E-state index in [0.717, 1.165) is 30.5 Å². The number of nitrogens with zero attached hydrogens (tertiary/aromatic N) is 1. The molecule has 1 aliphatic carbocycles. The van der Waals surface area contributed by atoms with Crippen molar-refractivity contribution in [3.05, 3.63) is 40.7 Å². The predicted octanol–water partition coefficient (Wildman–Crippen LogP) is 4.38. The molecule has 0 radical (unpaired) electrons. The highest BCUT2D eigenvalue weighted by Crippen LogP contribution is 2.39. The van der Waals surface area contributed by atoms with Crippen molar-refractivity contribution in [1.29, 1.82) is 0 Å². The molecule has 1 fully saturated rings. The molecule has 0 bridgehead atoms. The van der Waals surface area contributed by atoms with Crippen molar-refractivity contribution in [2.75, 3.05) is 6.54 Å². The van der Waals surface area contributed by atoms with Crippen molar-refractivity contribution in [3.63, 3.8) is 0 Å². The number of benzene rings is 1. The number of hydrogen-bond donors (Lipinski definition) is 1. The van der Waals surface area contributed by atoms with E-state index in [1.165, 1.54) is 23.4 Å². The highest BCUT2D eigenvalue weighted by atomic mass is 32.1. The van der Waals surface area contributed by atoms with Crippen molar-refractivity contribution in [2.45, 2.75) is 39.2 Å². The van der Waals surface area contributed by atoms with Crippen LogP contribution in [0.3, 0.4) is 0 Å². The van der Waals surface area contributed by atoms with Crippen LogP contribution in [0.2, 0.25) is 0 Å². The molecule has 0 aliphatic heterocycles. The first-order valence-electron chi connectivity index (χ1n) is 8.01. The first-order chi connectivity index (χ1) is 10.3. The lowest BCUT2D eigenvalue weighted by Crippen LogP contribution is -2.37. The Hall–Kier alpha value is -1.19. The zero-order valence-corrected chi connectivity index (χ0v) is 13.7. The fourth-order valence-corrected chi connectivity index (χ4v) is 3.85. The molecular formula is C18H24N2S. The Kier molecular flexibility index (Phi) is 4.71. The third-order valence-electron chi connectivity index (χ3n) is 4.48. The lowest BCUT2D eigenvalue weighted by atomic mass is 9.94. The summed E-state index contributed by atoms with van der Waals surface area (Å²) in [6.07, 6.45) is 3.88. The lowest BCUT2D eigenvalue weighted by Gasteiger charge is -2.23. The Labute approximate surface area is 131 Å². The monoisotopic (exact) mass is 300 g/mol. The molecule has 1 aromatic heterocycles. The molecule has 0 amide bonds. The third kappa shape index (κ3) is 3.72. The van der Waals surface area contributed by atoms with E-state index in [0.29, 0.717) is 6.04 Å². The summed E-state index contributed by atoms with van der Waals surface area (Å²) in [5.41, 5.74) is 2.33. The average molecular weight is 300 g/mol. The minimum atomic E-state index is 0.567. The highest BCUT2D eigenvalue weighted by Gasteiger charge is 2.33. The Balaban J connectivity index is 1.70. The van der Waals surface area contributed by atoms with E-state index in [4.69, 9.17) is 4.98 Å². The molecular weight excluding hydrogens is 276 g/mol. The van der Waals surface area contributed by atoms with Gasteiger partial charge in [0.05, 0.1) is 10.7 Å². The van der Waals surface area contributed by atoms with Crippen molar-refractivity contribution < 1.29 is 0 Å². The molecule has 1 aliphatic rings. The second kappa shape index (κ2) is 6.71. The molecule has 0 saturated heterocycles. The normalized spacial score (nSPS) is 17.6. The fourth-order valence-electron chi connectivity index (χ4n) is 2.99.